The van der Waals surface area contributed by atoms with Gasteiger partial charge in [0.2, 0.25) is 0 Å². The molecule has 76 valence electrons. The van der Waals surface area contributed by atoms with Crippen LogP contribution >= 0.6 is 15.9 Å². The van der Waals surface area contributed by atoms with Crippen LogP contribution in [0.4, 0.5) is 0 Å². The third-order valence-corrected chi connectivity index (χ3v) is 3.25. The van der Waals surface area contributed by atoms with Crippen molar-refractivity contribution in [2.75, 3.05) is 0 Å². The number of halogens is 1. The summed E-state index contributed by atoms with van der Waals surface area (Å²) in [6.07, 6.45) is 4.24. The highest BCUT2D eigenvalue weighted by molar-refractivity contribution is 9.10. The molecule has 0 fully saturated rings. The van der Waals surface area contributed by atoms with Crippen LogP contribution in [0.2, 0.25) is 0 Å². The van der Waals surface area contributed by atoms with Crippen LogP contribution < -0.4 is 4.57 Å². The van der Waals surface area contributed by atoms with Gasteiger partial charge in [-0.3, -0.25) is 0 Å². The summed E-state index contributed by atoms with van der Waals surface area (Å²) in [7, 11) is 0. The van der Waals surface area contributed by atoms with E-state index in [0.29, 0.717) is 0 Å². The topological polar surface area (TPSA) is 3.88 Å². The standard InChI is InChI=1S/C13H13BrN/c1-11-9-15(8-7-13(11)14)10-12-5-3-2-4-6-12/h2-9H,10H2,1H3/q+1. The van der Waals surface area contributed by atoms with Crippen LogP contribution in [0, 0.1) is 6.92 Å². The fourth-order valence-electron chi connectivity index (χ4n) is 1.54. The zero-order valence-corrected chi connectivity index (χ0v) is 10.2. The van der Waals surface area contributed by atoms with Gasteiger partial charge < -0.3 is 0 Å². The van der Waals surface area contributed by atoms with E-state index in [1.807, 2.05) is 6.07 Å². The summed E-state index contributed by atoms with van der Waals surface area (Å²) in [6, 6.07) is 12.6. The van der Waals surface area contributed by atoms with E-state index in [2.05, 4.69) is 70.1 Å². The summed E-state index contributed by atoms with van der Waals surface area (Å²) >= 11 is 3.50. The van der Waals surface area contributed by atoms with Crippen LogP contribution in [-0.4, -0.2) is 0 Å². The molecule has 0 atom stereocenters. The maximum atomic E-state index is 3.50. The first-order valence-electron chi connectivity index (χ1n) is 4.95. The molecule has 0 aliphatic heterocycles. The smallest absolute Gasteiger partial charge is 0.173 e. The lowest BCUT2D eigenvalue weighted by Gasteiger charge is -1.99. The third kappa shape index (κ3) is 2.66. The molecule has 15 heavy (non-hydrogen) atoms. The summed E-state index contributed by atoms with van der Waals surface area (Å²) in [5.74, 6) is 0. The Morgan fingerprint density at radius 1 is 1.13 bits per heavy atom. The highest BCUT2D eigenvalue weighted by Gasteiger charge is 2.04. The van der Waals surface area contributed by atoms with Gasteiger partial charge in [0.1, 0.15) is 0 Å². The Labute approximate surface area is 98.5 Å². The lowest BCUT2D eigenvalue weighted by atomic mass is 10.2. The summed E-state index contributed by atoms with van der Waals surface area (Å²) in [5.41, 5.74) is 2.58. The average molecular weight is 263 g/mol. The van der Waals surface area contributed by atoms with E-state index in [0.717, 1.165) is 11.0 Å². The molecule has 1 nitrogen and oxygen atoms in total. The fraction of sp³-hybridized carbons (Fsp3) is 0.154. The highest BCUT2D eigenvalue weighted by atomic mass is 79.9. The molecule has 2 aromatic rings. The molecule has 0 unspecified atom stereocenters. The van der Waals surface area contributed by atoms with Gasteiger partial charge in [0, 0.05) is 21.7 Å². The Hall–Kier alpha value is -1.15. The number of rotatable bonds is 2. The van der Waals surface area contributed by atoms with Crippen LogP contribution in [0.1, 0.15) is 11.1 Å². The first kappa shape index (κ1) is 10.4. The van der Waals surface area contributed by atoms with Crippen molar-refractivity contribution in [3.63, 3.8) is 0 Å². The van der Waals surface area contributed by atoms with E-state index in [1.165, 1.54) is 11.1 Å². The minimum Gasteiger partial charge on any atom is -0.200 e. The summed E-state index contributed by atoms with van der Waals surface area (Å²) in [5, 5.41) is 0. The number of aromatic nitrogens is 1. The van der Waals surface area contributed by atoms with Crippen molar-refractivity contribution < 1.29 is 4.57 Å². The molecule has 0 saturated carbocycles. The van der Waals surface area contributed by atoms with Crippen molar-refractivity contribution in [3.05, 3.63) is 64.4 Å². The SMILES string of the molecule is Cc1c[n+](Cc2ccccc2)ccc1Br. The van der Waals surface area contributed by atoms with E-state index in [9.17, 15) is 0 Å². The van der Waals surface area contributed by atoms with Crippen molar-refractivity contribution in [2.24, 2.45) is 0 Å². The molecular formula is C13H13BrN+. The first-order valence-corrected chi connectivity index (χ1v) is 5.74. The Kier molecular flexibility index (Phi) is 3.17. The van der Waals surface area contributed by atoms with E-state index >= 15 is 0 Å². The van der Waals surface area contributed by atoms with E-state index in [1.54, 1.807) is 0 Å². The lowest BCUT2D eigenvalue weighted by molar-refractivity contribution is -0.688. The zero-order chi connectivity index (χ0) is 10.7. The molecular weight excluding hydrogens is 250 g/mol. The van der Waals surface area contributed by atoms with E-state index < -0.39 is 0 Å². The molecule has 0 saturated heterocycles. The van der Waals surface area contributed by atoms with E-state index in [4.69, 9.17) is 0 Å². The van der Waals surface area contributed by atoms with Crippen LogP contribution in [-0.2, 0) is 6.54 Å². The van der Waals surface area contributed by atoms with Crippen molar-refractivity contribution in [1.82, 2.24) is 0 Å². The highest BCUT2D eigenvalue weighted by Crippen LogP contribution is 2.11. The van der Waals surface area contributed by atoms with Gasteiger partial charge in [-0.2, -0.15) is 0 Å². The second kappa shape index (κ2) is 4.58. The zero-order valence-electron chi connectivity index (χ0n) is 8.65. The monoisotopic (exact) mass is 262 g/mol. The molecule has 2 rings (SSSR count). The molecule has 0 N–H and O–H groups in total. The van der Waals surface area contributed by atoms with E-state index in [-0.39, 0.29) is 0 Å². The molecule has 0 aliphatic carbocycles. The molecule has 0 spiro atoms. The average Bonchev–Trinajstić information content (AvgIpc) is 2.25. The molecule has 0 bridgehead atoms. The Morgan fingerprint density at radius 2 is 1.87 bits per heavy atom. The van der Waals surface area contributed by atoms with Gasteiger partial charge in [-0.1, -0.05) is 46.3 Å². The maximum absolute atomic E-state index is 3.50. The van der Waals surface area contributed by atoms with Crippen molar-refractivity contribution in [2.45, 2.75) is 13.5 Å². The fourth-order valence-corrected chi connectivity index (χ4v) is 1.76. The van der Waals surface area contributed by atoms with Gasteiger partial charge in [-0.25, -0.2) is 4.57 Å². The largest absolute Gasteiger partial charge is 0.200 e. The van der Waals surface area contributed by atoms with Crippen molar-refractivity contribution >= 4 is 15.9 Å². The normalized spacial score (nSPS) is 10.3. The third-order valence-electron chi connectivity index (χ3n) is 2.36. The number of nitrogens with zero attached hydrogens (tertiary/aromatic N) is 1. The predicted octanol–water partition coefficient (Wildman–Crippen LogP) is 3.09. The van der Waals surface area contributed by atoms with Gasteiger partial charge in [0.05, 0.1) is 0 Å². The van der Waals surface area contributed by atoms with Gasteiger partial charge in [0.25, 0.3) is 0 Å². The molecule has 2 heteroatoms. The van der Waals surface area contributed by atoms with Gasteiger partial charge >= 0.3 is 0 Å². The molecule has 1 aromatic carbocycles. The van der Waals surface area contributed by atoms with Crippen LogP contribution in [0.5, 0.6) is 0 Å². The Bertz CT molecular complexity index is 451. The number of benzene rings is 1. The maximum Gasteiger partial charge on any atom is 0.173 e. The number of aryl methyl sites for hydroxylation is 1. The molecule has 0 aliphatic rings. The number of pyridine rings is 1. The van der Waals surface area contributed by atoms with Crippen LogP contribution in [0.15, 0.2) is 53.3 Å². The second-order valence-electron chi connectivity index (χ2n) is 3.63. The minimum absolute atomic E-state index is 0.926. The molecule has 0 amide bonds. The predicted molar refractivity (Wildman–Crippen MR) is 64.6 cm³/mol. The minimum atomic E-state index is 0.926. The van der Waals surface area contributed by atoms with Crippen LogP contribution in [0.25, 0.3) is 0 Å². The van der Waals surface area contributed by atoms with Gasteiger partial charge in [0.15, 0.2) is 18.9 Å². The van der Waals surface area contributed by atoms with Gasteiger partial charge in [-0.15, -0.1) is 0 Å². The summed E-state index contributed by atoms with van der Waals surface area (Å²) < 4.78 is 3.35. The Balaban J connectivity index is 2.22. The number of hydrogen-bond donors (Lipinski definition) is 0. The summed E-state index contributed by atoms with van der Waals surface area (Å²) in [6.45, 7) is 3.03. The molecule has 1 heterocycles. The molecule has 1 aromatic heterocycles. The quantitative estimate of drug-likeness (QED) is 0.733. The first-order chi connectivity index (χ1) is 7.25. The van der Waals surface area contributed by atoms with Crippen molar-refractivity contribution in [1.29, 1.82) is 0 Å². The second-order valence-corrected chi connectivity index (χ2v) is 4.49. The Morgan fingerprint density at radius 3 is 2.53 bits per heavy atom. The number of hydrogen-bond acceptors (Lipinski definition) is 0. The molecule has 0 radical (unpaired) electrons. The summed E-state index contributed by atoms with van der Waals surface area (Å²) in [4.78, 5) is 0. The van der Waals surface area contributed by atoms with Crippen LogP contribution in [0.3, 0.4) is 0 Å². The van der Waals surface area contributed by atoms with Gasteiger partial charge in [-0.05, 0) is 6.92 Å². The lowest BCUT2D eigenvalue weighted by Crippen LogP contribution is -2.33. The van der Waals surface area contributed by atoms with Crippen molar-refractivity contribution in [3.8, 4) is 0 Å².